The van der Waals surface area contributed by atoms with Gasteiger partial charge in [-0.1, -0.05) is 12.1 Å². The number of para-hydroxylation sites is 1. The number of methoxy groups -OCH3 is 1. The van der Waals surface area contributed by atoms with Gasteiger partial charge in [-0.3, -0.25) is 0 Å². The van der Waals surface area contributed by atoms with Crippen LogP contribution in [0.25, 0.3) is 0 Å². The van der Waals surface area contributed by atoms with Crippen LogP contribution in [0.15, 0.2) is 42.3 Å². The molecule has 0 radical (unpaired) electrons. The largest absolute Gasteiger partial charge is 0.465 e. The van der Waals surface area contributed by atoms with Gasteiger partial charge in [0.1, 0.15) is 11.8 Å². The maximum absolute atomic E-state index is 11.6. The molecular weight excluding hydrogens is 218 g/mol. The fourth-order valence-electron chi connectivity index (χ4n) is 2.07. The van der Waals surface area contributed by atoms with Crippen molar-refractivity contribution in [1.29, 1.82) is 0 Å². The molecule has 4 heteroatoms. The Morgan fingerprint density at radius 1 is 1.47 bits per heavy atom. The van der Waals surface area contributed by atoms with Crippen LogP contribution in [0.3, 0.4) is 0 Å². The number of carbonyl (C=O) groups is 1. The first-order valence-electron chi connectivity index (χ1n) is 5.33. The number of esters is 1. The van der Waals surface area contributed by atoms with E-state index in [1.54, 1.807) is 12.3 Å². The predicted molar refractivity (Wildman–Crippen MR) is 63.0 cm³/mol. The van der Waals surface area contributed by atoms with Crippen LogP contribution < -0.4 is 9.64 Å². The van der Waals surface area contributed by atoms with Crippen molar-refractivity contribution in [1.82, 2.24) is 0 Å². The van der Waals surface area contributed by atoms with E-state index in [1.807, 2.05) is 18.2 Å². The number of hydrogen-bond donors (Lipinski definition) is 0. The van der Waals surface area contributed by atoms with E-state index in [0.717, 1.165) is 17.9 Å². The molecule has 86 valence electrons. The average molecular weight is 229 g/mol. The lowest BCUT2D eigenvalue weighted by Crippen LogP contribution is -2.22. The molecule has 0 aromatic heterocycles. The first kappa shape index (κ1) is 9.96. The Morgan fingerprint density at radius 3 is 3.18 bits per heavy atom. The molecule has 1 aromatic rings. The van der Waals surface area contributed by atoms with Gasteiger partial charge in [-0.15, -0.1) is 0 Å². The van der Waals surface area contributed by atoms with E-state index < -0.39 is 0 Å². The summed E-state index contributed by atoms with van der Waals surface area (Å²) in [5, 5.41) is 0. The van der Waals surface area contributed by atoms with Crippen molar-refractivity contribution in [3.8, 4) is 5.75 Å². The third-order valence-electron chi connectivity index (χ3n) is 2.88. The zero-order chi connectivity index (χ0) is 11.8. The minimum atomic E-state index is -0.383. The molecular formula is C13H11NO3. The summed E-state index contributed by atoms with van der Waals surface area (Å²) in [6, 6.07) is 5.46. The van der Waals surface area contributed by atoms with Crippen molar-refractivity contribution < 1.29 is 14.3 Å². The topological polar surface area (TPSA) is 38.8 Å². The fourth-order valence-corrected chi connectivity index (χ4v) is 2.07. The molecule has 3 rings (SSSR count). The van der Waals surface area contributed by atoms with Gasteiger partial charge in [0.2, 0.25) is 0 Å². The summed E-state index contributed by atoms with van der Waals surface area (Å²) in [6.07, 6.45) is 5.70. The van der Waals surface area contributed by atoms with Crippen LogP contribution in [0, 0.1) is 0 Å². The molecule has 0 bridgehead atoms. The van der Waals surface area contributed by atoms with Crippen LogP contribution in [0.1, 0.15) is 10.4 Å². The lowest BCUT2D eigenvalue weighted by molar-refractivity contribution is 0.0598. The van der Waals surface area contributed by atoms with Gasteiger partial charge in [-0.2, -0.15) is 0 Å². The fraction of sp³-hybridized carbons (Fsp3) is 0.154. The maximum atomic E-state index is 11.6. The molecule has 0 fully saturated rings. The molecule has 0 amide bonds. The molecule has 1 aromatic carbocycles. The number of anilines is 1. The Morgan fingerprint density at radius 2 is 2.35 bits per heavy atom. The second-order valence-corrected chi connectivity index (χ2v) is 3.82. The third kappa shape index (κ3) is 1.41. The molecule has 0 spiro atoms. The molecule has 0 N–H and O–H groups in total. The molecule has 4 nitrogen and oxygen atoms in total. The van der Waals surface area contributed by atoms with Gasteiger partial charge in [0.05, 0.1) is 18.5 Å². The Bertz CT molecular complexity index is 546. The van der Waals surface area contributed by atoms with Crippen molar-refractivity contribution in [2.75, 3.05) is 18.6 Å². The number of benzene rings is 1. The van der Waals surface area contributed by atoms with E-state index in [4.69, 9.17) is 9.47 Å². The Labute approximate surface area is 98.7 Å². The molecule has 2 aliphatic rings. The number of hydrogen-bond acceptors (Lipinski definition) is 4. The van der Waals surface area contributed by atoms with E-state index in [1.165, 1.54) is 7.11 Å². The van der Waals surface area contributed by atoms with Crippen molar-refractivity contribution in [2.24, 2.45) is 0 Å². The average Bonchev–Trinajstić information content (AvgIpc) is 2.85. The highest BCUT2D eigenvalue weighted by atomic mass is 16.5. The second-order valence-electron chi connectivity index (χ2n) is 3.82. The summed E-state index contributed by atoms with van der Waals surface area (Å²) >= 11 is 0. The number of ether oxygens (including phenoxy) is 2. The molecule has 0 saturated carbocycles. The van der Waals surface area contributed by atoms with Crippen LogP contribution in [-0.4, -0.2) is 19.6 Å². The molecule has 17 heavy (non-hydrogen) atoms. The van der Waals surface area contributed by atoms with Crippen LogP contribution in [0.5, 0.6) is 5.75 Å². The van der Waals surface area contributed by atoms with E-state index in [0.29, 0.717) is 11.3 Å². The van der Waals surface area contributed by atoms with Gasteiger partial charge in [0, 0.05) is 6.54 Å². The van der Waals surface area contributed by atoms with Crippen LogP contribution >= 0.6 is 0 Å². The smallest absolute Gasteiger partial charge is 0.341 e. The normalized spacial score (nSPS) is 15.8. The van der Waals surface area contributed by atoms with Crippen molar-refractivity contribution >= 4 is 11.7 Å². The Hall–Kier alpha value is -2.23. The summed E-state index contributed by atoms with van der Waals surface area (Å²) in [6.45, 7) is 0.798. The minimum Gasteiger partial charge on any atom is -0.465 e. The quantitative estimate of drug-likeness (QED) is 0.691. The Balaban J connectivity index is 2.10. The molecule has 0 aliphatic carbocycles. The van der Waals surface area contributed by atoms with Gasteiger partial charge in [0.15, 0.2) is 5.75 Å². The van der Waals surface area contributed by atoms with Crippen LogP contribution in [-0.2, 0) is 4.74 Å². The third-order valence-corrected chi connectivity index (χ3v) is 2.88. The maximum Gasteiger partial charge on any atom is 0.341 e. The van der Waals surface area contributed by atoms with E-state index in [9.17, 15) is 4.79 Å². The summed E-state index contributed by atoms with van der Waals surface area (Å²) in [5.41, 5.74) is 2.35. The van der Waals surface area contributed by atoms with Gasteiger partial charge in [-0.25, -0.2) is 4.79 Å². The van der Waals surface area contributed by atoms with Crippen molar-refractivity contribution in [3.05, 3.63) is 47.9 Å². The van der Waals surface area contributed by atoms with Crippen molar-refractivity contribution in [3.63, 3.8) is 0 Å². The monoisotopic (exact) mass is 229 g/mol. The summed E-state index contributed by atoms with van der Waals surface area (Å²) in [4.78, 5) is 13.7. The highest BCUT2D eigenvalue weighted by Gasteiger charge is 2.26. The van der Waals surface area contributed by atoms with Gasteiger partial charge in [0.25, 0.3) is 0 Å². The number of rotatable bonds is 1. The summed E-state index contributed by atoms with van der Waals surface area (Å²) in [7, 11) is 1.36. The highest BCUT2D eigenvalue weighted by Crippen LogP contribution is 2.39. The minimum absolute atomic E-state index is 0.383. The van der Waals surface area contributed by atoms with Crippen LogP contribution in [0.2, 0.25) is 0 Å². The molecule has 0 unspecified atom stereocenters. The lowest BCUT2D eigenvalue weighted by atomic mass is 10.1. The molecule has 2 heterocycles. The number of nitrogens with zero attached hydrogens (tertiary/aromatic N) is 1. The van der Waals surface area contributed by atoms with E-state index >= 15 is 0 Å². The first-order valence-corrected chi connectivity index (χ1v) is 5.33. The number of carbonyl (C=O) groups excluding carboxylic acids is 1. The van der Waals surface area contributed by atoms with E-state index in [-0.39, 0.29) is 5.97 Å². The van der Waals surface area contributed by atoms with Gasteiger partial charge in [-0.05, 0) is 18.2 Å². The number of fused-ring (bicyclic) bond motifs is 3. The molecule has 0 saturated heterocycles. The summed E-state index contributed by atoms with van der Waals surface area (Å²) < 4.78 is 10.3. The zero-order valence-corrected chi connectivity index (χ0v) is 9.34. The number of allylic oxidation sites excluding steroid dienone is 1. The standard InChI is InChI=1S/C13H11NO3/c1-16-13(15)10-5-2-6-11-12(10)17-8-9-4-3-7-14(9)11/h2-6,8H,7H2,1H3. The lowest BCUT2D eigenvalue weighted by Gasteiger charge is -2.27. The van der Waals surface area contributed by atoms with E-state index in [2.05, 4.69) is 11.0 Å². The SMILES string of the molecule is COC(=O)c1cccc2c1OC=C1C=CCN12. The predicted octanol–water partition coefficient (Wildman–Crippen LogP) is 2.08. The first-order chi connectivity index (χ1) is 8.31. The summed E-state index contributed by atoms with van der Waals surface area (Å²) in [5.74, 6) is 0.178. The van der Waals surface area contributed by atoms with Crippen molar-refractivity contribution in [2.45, 2.75) is 0 Å². The zero-order valence-electron chi connectivity index (χ0n) is 9.34. The second kappa shape index (κ2) is 3.66. The van der Waals surface area contributed by atoms with Crippen LogP contribution in [0.4, 0.5) is 5.69 Å². The Kier molecular flexibility index (Phi) is 2.14. The highest BCUT2D eigenvalue weighted by molar-refractivity contribution is 5.95. The molecule has 2 aliphatic heterocycles. The van der Waals surface area contributed by atoms with Gasteiger partial charge >= 0.3 is 5.97 Å². The molecule has 0 atom stereocenters. The van der Waals surface area contributed by atoms with Gasteiger partial charge < -0.3 is 14.4 Å².